The number of nitrogens with zero attached hydrogens (tertiary/aromatic N) is 1. The summed E-state index contributed by atoms with van der Waals surface area (Å²) in [6, 6.07) is 4.33. The van der Waals surface area contributed by atoms with Gasteiger partial charge in [-0.15, -0.1) is 0 Å². The molecule has 0 spiro atoms. The summed E-state index contributed by atoms with van der Waals surface area (Å²) < 4.78 is 0. The molecule has 1 aromatic carbocycles. The van der Waals surface area contributed by atoms with Gasteiger partial charge in [-0.05, 0) is 35.5 Å². The molecule has 114 valence electrons. The first kappa shape index (κ1) is 17.0. The van der Waals surface area contributed by atoms with Gasteiger partial charge in [0.1, 0.15) is 5.75 Å². The van der Waals surface area contributed by atoms with Gasteiger partial charge in [-0.2, -0.15) is 0 Å². The van der Waals surface area contributed by atoms with Crippen molar-refractivity contribution in [1.29, 1.82) is 0 Å². The van der Waals surface area contributed by atoms with Crippen LogP contribution in [0.5, 0.6) is 5.75 Å². The Morgan fingerprint density at radius 1 is 1.00 bits per heavy atom. The Balaban J connectivity index is 3.43. The highest BCUT2D eigenvalue weighted by molar-refractivity contribution is 5.48. The standard InChI is InChI=1S/C18H31NO/c1-9-19(8)12-13-10-14(17(2,3)4)11-15(16(13)20)18(5,6)7/h10-11,20H,9,12H2,1-8H3. The first-order chi connectivity index (χ1) is 8.96. The van der Waals surface area contributed by atoms with E-state index < -0.39 is 0 Å². The number of hydrogen-bond donors (Lipinski definition) is 1. The van der Waals surface area contributed by atoms with Crippen molar-refractivity contribution in [3.8, 4) is 5.75 Å². The number of phenols is 1. The summed E-state index contributed by atoms with van der Waals surface area (Å²) in [4.78, 5) is 2.22. The third kappa shape index (κ3) is 3.99. The van der Waals surface area contributed by atoms with Crippen molar-refractivity contribution in [2.24, 2.45) is 0 Å². The molecular weight excluding hydrogens is 246 g/mol. The molecule has 0 unspecified atom stereocenters. The predicted molar refractivity (Wildman–Crippen MR) is 87.5 cm³/mol. The third-order valence-electron chi connectivity index (χ3n) is 3.84. The predicted octanol–water partition coefficient (Wildman–Crippen LogP) is 4.44. The van der Waals surface area contributed by atoms with Crippen LogP contribution in [0.1, 0.15) is 65.2 Å². The van der Waals surface area contributed by atoms with Crippen LogP contribution in [0.4, 0.5) is 0 Å². The van der Waals surface area contributed by atoms with E-state index in [9.17, 15) is 5.11 Å². The van der Waals surface area contributed by atoms with Crippen molar-refractivity contribution in [2.75, 3.05) is 13.6 Å². The first-order valence-corrected chi connectivity index (χ1v) is 7.52. The van der Waals surface area contributed by atoms with Crippen LogP contribution in [0.15, 0.2) is 12.1 Å². The molecule has 0 saturated carbocycles. The monoisotopic (exact) mass is 277 g/mol. The highest BCUT2D eigenvalue weighted by atomic mass is 16.3. The maximum Gasteiger partial charge on any atom is 0.123 e. The van der Waals surface area contributed by atoms with Gasteiger partial charge in [0.2, 0.25) is 0 Å². The van der Waals surface area contributed by atoms with Crippen molar-refractivity contribution in [3.63, 3.8) is 0 Å². The molecule has 0 aliphatic heterocycles. The second kappa shape index (κ2) is 5.77. The zero-order chi connectivity index (χ0) is 15.7. The van der Waals surface area contributed by atoms with Crippen LogP contribution in [0.25, 0.3) is 0 Å². The van der Waals surface area contributed by atoms with E-state index in [0.29, 0.717) is 5.75 Å². The Hall–Kier alpha value is -1.02. The molecule has 0 heterocycles. The normalized spacial score (nSPS) is 13.1. The number of hydrogen-bond acceptors (Lipinski definition) is 2. The Bertz CT molecular complexity index is 464. The molecule has 2 heteroatoms. The largest absolute Gasteiger partial charge is 0.507 e. The van der Waals surface area contributed by atoms with Gasteiger partial charge in [-0.1, -0.05) is 60.6 Å². The molecule has 1 rings (SSSR count). The van der Waals surface area contributed by atoms with Crippen LogP contribution >= 0.6 is 0 Å². The van der Waals surface area contributed by atoms with Crippen molar-refractivity contribution in [1.82, 2.24) is 4.90 Å². The van der Waals surface area contributed by atoms with E-state index >= 15 is 0 Å². The van der Waals surface area contributed by atoms with E-state index in [1.165, 1.54) is 5.56 Å². The highest BCUT2D eigenvalue weighted by Gasteiger charge is 2.25. The Kier molecular flexibility index (Phi) is 4.91. The van der Waals surface area contributed by atoms with E-state index in [4.69, 9.17) is 0 Å². The second-order valence-corrected chi connectivity index (χ2v) is 7.86. The molecule has 0 saturated heterocycles. The van der Waals surface area contributed by atoms with Crippen molar-refractivity contribution < 1.29 is 5.11 Å². The lowest BCUT2D eigenvalue weighted by Crippen LogP contribution is -2.21. The molecule has 0 radical (unpaired) electrons. The number of aromatic hydroxyl groups is 1. The minimum Gasteiger partial charge on any atom is -0.507 e. The Morgan fingerprint density at radius 3 is 1.95 bits per heavy atom. The Morgan fingerprint density at radius 2 is 1.55 bits per heavy atom. The van der Waals surface area contributed by atoms with Crippen LogP contribution in [-0.2, 0) is 17.4 Å². The van der Waals surface area contributed by atoms with Gasteiger partial charge < -0.3 is 10.0 Å². The lowest BCUT2D eigenvalue weighted by molar-refractivity contribution is 0.334. The fraction of sp³-hybridized carbons (Fsp3) is 0.667. The summed E-state index contributed by atoms with van der Waals surface area (Å²) in [6.45, 7) is 17.0. The molecule has 0 fully saturated rings. The minimum absolute atomic E-state index is 0.0507. The number of benzene rings is 1. The zero-order valence-corrected chi connectivity index (χ0v) is 14.5. The average Bonchev–Trinajstić information content (AvgIpc) is 2.28. The third-order valence-corrected chi connectivity index (χ3v) is 3.84. The van der Waals surface area contributed by atoms with Crippen molar-refractivity contribution >= 4 is 0 Å². The van der Waals surface area contributed by atoms with Gasteiger partial charge in [-0.3, -0.25) is 0 Å². The van der Waals surface area contributed by atoms with Gasteiger partial charge in [0.15, 0.2) is 0 Å². The summed E-state index contributed by atoms with van der Waals surface area (Å²) in [5.74, 6) is 0.464. The van der Waals surface area contributed by atoms with Crippen molar-refractivity contribution in [3.05, 3.63) is 28.8 Å². The molecule has 0 aliphatic rings. The topological polar surface area (TPSA) is 23.5 Å². The second-order valence-electron chi connectivity index (χ2n) is 7.86. The SMILES string of the molecule is CCN(C)Cc1cc(C(C)(C)C)cc(C(C)(C)C)c1O. The zero-order valence-electron chi connectivity index (χ0n) is 14.5. The summed E-state index contributed by atoms with van der Waals surface area (Å²) >= 11 is 0. The first-order valence-electron chi connectivity index (χ1n) is 7.52. The van der Waals surface area contributed by atoms with E-state index in [1.54, 1.807) is 0 Å². The molecule has 1 aromatic rings. The van der Waals surface area contributed by atoms with Crippen LogP contribution in [-0.4, -0.2) is 23.6 Å². The molecule has 1 N–H and O–H groups in total. The van der Waals surface area contributed by atoms with Crippen LogP contribution < -0.4 is 0 Å². The van der Waals surface area contributed by atoms with E-state index in [1.807, 2.05) is 0 Å². The van der Waals surface area contributed by atoms with Gasteiger partial charge >= 0.3 is 0 Å². The molecule has 0 bridgehead atoms. The van der Waals surface area contributed by atoms with Gasteiger partial charge in [0, 0.05) is 12.1 Å². The highest BCUT2D eigenvalue weighted by Crippen LogP contribution is 2.37. The van der Waals surface area contributed by atoms with E-state index in [0.717, 1.165) is 24.2 Å². The smallest absolute Gasteiger partial charge is 0.123 e. The summed E-state index contributed by atoms with van der Waals surface area (Å²) in [7, 11) is 2.08. The average molecular weight is 277 g/mol. The van der Waals surface area contributed by atoms with Crippen LogP contribution in [0, 0.1) is 0 Å². The molecular formula is C18H31NO. The molecule has 0 amide bonds. The van der Waals surface area contributed by atoms with Crippen molar-refractivity contribution in [2.45, 2.75) is 65.8 Å². The lowest BCUT2D eigenvalue weighted by atomic mass is 9.79. The molecule has 0 atom stereocenters. The minimum atomic E-state index is -0.0507. The maximum absolute atomic E-state index is 10.6. The number of phenolic OH excluding ortho intramolecular Hbond substituents is 1. The number of rotatable bonds is 3. The van der Waals surface area contributed by atoms with E-state index in [-0.39, 0.29) is 10.8 Å². The molecule has 2 nitrogen and oxygen atoms in total. The summed E-state index contributed by atoms with van der Waals surface area (Å²) in [6.07, 6.45) is 0. The fourth-order valence-electron chi connectivity index (χ4n) is 2.22. The van der Waals surface area contributed by atoms with Gasteiger partial charge in [-0.25, -0.2) is 0 Å². The molecule has 20 heavy (non-hydrogen) atoms. The quantitative estimate of drug-likeness (QED) is 0.883. The summed E-state index contributed by atoms with van der Waals surface area (Å²) in [5, 5.41) is 10.6. The lowest BCUT2D eigenvalue weighted by Gasteiger charge is -2.28. The Labute approximate surface area is 124 Å². The van der Waals surface area contributed by atoms with Gasteiger partial charge in [0.25, 0.3) is 0 Å². The maximum atomic E-state index is 10.6. The van der Waals surface area contributed by atoms with Crippen LogP contribution in [0.2, 0.25) is 0 Å². The van der Waals surface area contributed by atoms with Gasteiger partial charge in [0.05, 0.1) is 0 Å². The molecule has 0 aliphatic carbocycles. The summed E-state index contributed by atoms with van der Waals surface area (Å²) in [5.41, 5.74) is 3.41. The molecule has 0 aromatic heterocycles. The fourth-order valence-corrected chi connectivity index (χ4v) is 2.22. The van der Waals surface area contributed by atoms with Crippen LogP contribution in [0.3, 0.4) is 0 Å². The van der Waals surface area contributed by atoms with E-state index in [2.05, 4.69) is 72.5 Å².